The number of piperazine rings is 1. The fourth-order valence-electron chi connectivity index (χ4n) is 2.98. The van der Waals surface area contributed by atoms with Gasteiger partial charge in [-0.15, -0.1) is 0 Å². The molecule has 1 fully saturated rings. The van der Waals surface area contributed by atoms with Crippen molar-refractivity contribution in [2.75, 3.05) is 31.1 Å². The second-order valence-electron chi connectivity index (χ2n) is 5.96. The number of rotatable bonds is 5. The molecule has 0 spiro atoms. The fraction of sp³-hybridized carbons (Fsp3) is 0.389. The van der Waals surface area contributed by atoms with Crippen molar-refractivity contribution in [1.82, 2.24) is 14.9 Å². The molecule has 2 heterocycles. The summed E-state index contributed by atoms with van der Waals surface area (Å²) < 4.78 is 0. The first-order valence-corrected chi connectivity index (χ1v) is 8.33. The van der Waals surface area contributed by atoms with Crippen molar-refractivity contribution in [2.45, 2.75) is 19.4 Å². The summed E-state index contributed by atoms with van der Waals surface area (Å²) in [6.45, 7) is 3.64. The maximum absolute atomic E-state index is 12.4. The Bertz CT molecular complexity index is 668. The zero-order chi connectivity index (χ0) is 16.8. The first kappa shape index (κ1) is 16.4. The van der Waals surface area contributed by atoms with E-state index in [4.69, 9.17) is 5.73 Å². The minimum absolute atomic E-state index is 0.218. The summed E-state index contributed by atoms with van der Waals surface area (Å²) in [5, 5.41) is 0. The molecular formula is C18H23N5O. The lowest BCUT2D eigenvalue weighted by molar-refractivity contribution is -0.131. The van der Waals surface area contributed by atoms with Crippen LogP contribution in [0, 0.1) is 0 Å². The molecule has 6 nitrogen and oxygen atoms in total. The standard InChI is InChI=1S/C18H23N5O/c19-13-16-3-1-2-15(12-16)4-5-18(24)23-10-8-22(9-11-23)17-6-7-20-14-21-17/h1-3,6-7,12,14H,4-5,8-11,13,19H2. The highest BCUT2D eigenvalue weighted by atomic mass is 16.2. The molecule has 3 rings (SSSR count). The number of nitrogens with zero attached hydrogens (tertiary/aromatic N) is 4. The van der Waals surface area contributed by atoms with E-state index in [1.807, 2.05) is 23.1 Å². The number of hydrogen-bond donors (Lipinski definition) is 1. The van der Waals surface area contributed by atoms with E-state index in [9.17, 15) is 4.79 Å². The number of hydrogen-bond acceptors (Lipinski definition) is 5. The highest BCUT2D eigenvalue weighted by Gasteiger charge is 2.21. The Morgan fingerprint density at radius 2 is 1.92 bits per heavy atom. The molecule has 24 heavy (non-hydrogen) atoms. The van der Waals surface area contributed by atoms with Crippen LogP contribution in [-0.4, -0.2) is 47.0 Å². The van der Waals surface area contributed by atoms with Gasteiger partial charge in [0, 0.05) is 45.3 Å². The number of carbonyl (C=O) groups is 1. The second kappa shape index (κ2) is 7.88. The lowest BCUT2D eigenvalue weighted by Gasteiger charge is -2.35. The minimum Gasteiger partial charge on any atom is -0.353 e. The molecule has 126 valence electrons. The van der Waals surface area contributed by atoms with Gasteiger partial charge in [-0.3, -0.25) is 4.79 Å². The quantitative estimate of drug-likeness (QED) is 0.894. The van der Waals surface area contributed by atoms with Crippen molar-refractivity contribution in [1.29, 1.82) is 0 Å². The van der Waals surface area contributed by atoms with Crippen molar-refractivity contribution in [3.05, 3.63) is 54.0 Å². The first-order chi connectivity index (χ1) is 11.8. The van der Waals surface area contributed by atoms with E-state index >= 15 is 0 Å². The molecule has 1 aliphatic heterocycles. The summed E-state index contributed by atoms with van der Waals surface area (Å²) in [5.74, 6) is 1.14. The number of carbonyl (C=O) groups excluding carboxylic acids is 1. The molecule has 0 bridgehead atoms. The Morgan fingerprint density at radius 3 is 2.62 bits per heavy atom. The van der Waals surface area contributed by atoms with Crippen LogP contribution in [0.15, 0.2) is 42.9 Å². The molecule has 1 saturated heterocycles. The van der Waals surface area contributed by atoms with E-state index in [2.05, 4.69) is 27.0 Å². The molecule has 1 aromatic heterocycles. The molecule has 0 saturated carbocycles. The Balaban J connectivity index is 1.48. The summed E-state index contributed by atoms with van der Waals surface area (Å²) in [6.07, 6.45) is 4.61. The van der Waals surface area contributed by atoms with E-state index in [-0.39, 0.29) is 5.91 Å². The Morgan fingerprint density at radius 1 is 1.12 bits per heavy atom. The van der Waals surface area contributed by atoms with Gasteiger partial charge >= 0.3 is 0 Å². The molecule has 0 radical (unpaired) electrons. The minimum atomic E-state index is 0.218. The Hall–Kier alpha value is -2.47. The third kappa shape index (κ3) is 4.08. The van der Waals surface area contributed by atoms with Gasteiger partial charge in [-0.25, -0.2) is 9.97 Å². The van der Waals surface area contributed by atoms with Crippen molar-refractivity contribution in [3.8, 4) is 0 Å². The number of nitrogens with two attached hydrogens (primary N) is 1. The average molecular weight is 325 g/mol. The third-order valence-corrected chi connectivity index (χ3v) is 4.38. The second-order valence-corrected chi connectivity index (χ2v) is 5.96. The third-order valence-electron chi connectivity index (χ3n) is 4.38. The van der Waals surface area contributed by atoms with Crippen LogP contribution in [0.1, 0.15) is 17.5 Å². The summed E-state index contributed by atoms with van der Waals surface area (Å²) in [6, 6.07) is 10.1. The van der Waals surface area contributed by atoms with Crippen molar-refractivity contribution in [2.24, 2.45) is 5.73 Å². The maximum atomic E-state index is 12.4. The number of amides is 1. The Kier molecular flexibility index (Phi) is 5.38. The van der Waals surface area contributed by atoms with Gasteiger partial charge in [-0.1, -0.05) is 24.3 Å². The van der Waals surface area contributed by atoms with Crippen LogP contribution >= 0.6 is 0 Å². The van der Waals surface area contributed by atoms with Crippen molar-refractivity contribution < 1.29 is 4.79 Å². The SMILES string of the molecule is NCc1cccc(CCC(=O)N2CCN(c3ccncn3)CC2)c1. The normalized spacial score (nSPS) is 14.7. The molecule has 2 aromatic rings. The summed E-state index contributed by atoms with van der Waals surface area (Å²) in [4.78, 5) is 24.8. The van der Waals surface area contributed by atoms with Crippen molar-refractivity contribution >= 4 is 11.7 Å². The lowest BCUT2D eigenvalue weighted by Crippen LogP contribution is -2.49. The fourth-order valence-corrected chi connectivity index (χ4v) is 2.98. The monoisotopic (exact) mass is 325 g/mol. The highest BCUT2D eigenvalue weighted by molar-refractivity contribution is 5.76. The van der Waals surface area contributed by atoms with Gasteiger partial charge in [0.05, 0.1) is 0 Å². The van der Waals surface area contributed by atoms with Crippen LogP contribution in [0.5, 0.6) is 0 Å². The van der Waals surface area contributed by atoms with Crippen molar-refractivity contribution in [3.63, 3.8) is 0 Å². The molecule has 1 aromatic carbocycles. The largest absolute Gasteiger partial charge is 0.353 e. The highest BCUT2D eigenvalue weighted by Crippen LogP contribution is 2.13. The van der Waals surface area contributed by atoms with Crippen LogP contribution in [0.25, 0.3) is 0 Å². The van der Waals surface area contributed by atoms with Gasteiger partial charge < -0.3 is 15.5 Å². The van der Waals surface area contributed by atoms with E-state index in [1.165, 1.54) is 5.56 Å². The first-order valence-electron chi connectivity index (χ1n) is 8.33. The smallest absolute Gasteiger partial charge is 0.223 e. The number of benzene rings is 1. The van der Waals surface area contributed by atoms with Gasteiger partial charge in [-0.05, 0) is 23.6 Å². The summed E-state index contributed by atoms with van der Waals surface area (Å²) >= 11 is 0. The number of aryl methyl sites for hydroxylation is 1. The van der Waals surface area contributed by atoms with E-state index in [1.54, 1.807) is 12.5 Å². The molecule has 2 N–H and O–H groups in total. The Labute approximate surface area is 142 Å². The lowest BCUT2D eigenvalue weighted by atomic mass is 10.1. The number of aromatic nitrogens is 2. The van der Waals surface area contributed by atoms with Gasteiger partial charge in [0.25, 0.3) is 0 Å². The zero-order valence-electron chi connectivity index (χ0n) is 13.8. The summed E-state index contributed by atoms with van der Waals surface area (Å²) in [5.41, 5.74) is 7.95. The van der Waals surface area contributed by atoms with Gasteiger partial charge in [-0.2, -0.15) is 0 Å². The predicted octanol–water partition coefficient (Wildman–Crippen LogP) is 1.22. The number of anilines is 1. The predicted molar refractivity (Wildman–Crippen MR) is 93.5 cm³/mol. The van der Waals surface area contributed by atoms with Crippen LogP contribution in [-0.2, 0) is 17.8 Å². The van der Waals surface area contributed by atoms with Crippen LogP contribution < -0.4 is 10.6 Å². The molecule has 1 amide bonds. The molecule has 0 unspecified atom stereocenters. The molecular weight excluding hydrogens is 302 g/mol. The van der Waals surface area contributed by atoms with E-state index in [0.29, 0.717) is 13.0 Å². The summed E-state index contributed by atoms with van der Waals surface area (Å²) in [7, 11) is 0. The molecule has 0 aliphatic carbocycles. The average Bonchev–Trinajstić information content (AvgIpc) is 2.67. The van der Waals surface area contributed by atoms with Crippen LogP contribution in [0.4, 0.5) is 5.82 Å². The van der Waals surface area contributed by atoms with Gasteiger partial charge in [0.2, 0.25) is 5.91 Å². The molecule has 1 aliphatic rings. The van der Waals surface area contributed by atoms with E-state index in [0.717, 1.165) is 44.0 Å². The van der Waals surface area contributed by atoms with Gasteiger partial charge in [0.15, 0.2) is 0 Å². The zero-order valence-corrected chi connectivity index (χ0v) is 13.8. The van der Waals surface area contributed by atoms with Crippen LogP contribution in [0.3, 0.4) is 0 Å². The maximum Gasteiger partial charge on any atom is 0.223 e. The topological polar surface area (TPSA) is 75.4 Å². The molecule has 0 atom stereocenters. The van der Waals surface area contributed by atoms with E-state index < -0.39 is 0 Å². The molecule has 6 heteroatoms. The van der Waals surface area contributed by atoms with Crippen LogP contribution in [0.2, 0.25) is 0 Å². The van der Waals surface area contributed by atoms with Gasteiger partial charge in [0.1, 0.15) is 12.1 Å².